The molecule has 1 heterocycles. The molecule has 3 atom stereocenters. The zero-order valence-electron chi connectivity index (χ0n) is 18.0. The van der Waals surface area contributed by atoms with Crippen LogP contribution < -0.4 is 5.32 Å². The molecule has 2 saturated carbocycles. The highest BCUT2D eigenvalue weighted by Crippen LogP contribution is 2.42. The number of methoxy groups -OCH3 is 1. The van der Waals surface area contributed by atoms with Crippen molar-refractivity contribution in [2.75, 3.05) is 7.11 Å². The molecule has 0 spiro atoms. The van der Waals surface area contributed by atoms with Crippen molar-refractivity contribution in [2.24, 2.45) is 5.92 Å². The number of nitriles is 1. The Morgan fingerprint density at radius 1 is 1.26 bits per heavy atom. The second-order valence-electron chi connectivity index (χ2n) is 8.50. The van der Waals surface area contributed by atoms with Crippen LogP contribution in [0, 0.1) is 17.2 Å². The third-order valence-corrected chi connectivity index (χ3v) is 8.55. The van der Waals surface area contributed by atoms with Crippen LogP contribution in [0.1, 0.15) is 31.2 Å². The Kier molecular flexibility index (Phi) is 6.12. The van der Waals surface area contributed by atoms with Crippen LogP contribution in [0.15, 0.2) is 41.7 Å². The number of rotatable bonds is 6. The van der Waals surface area contributed by atoms with Crippen molar-refractivity contribution in [3.63, 3.8) is 0 Å². The molecule has 0 saturated heterocycles. The summed E-state index contributed by atoms with van der Waals surface area (Å²) in [6.07, 6.45) is -1.14. The number of carbonyl (C=O) groups excluding carboxylic acids is 1. The predicted octanol–water partition coefficient (Wildman–Crippen LogP) is 2.90. The molecule has 1 N–H and O–H groups in total. The lowest BCUT2D eigenvalue weighted by atomic mass is 10.0. The fraction of sp³-hybridized carbons (Fsp3) is 0.455. The van der Waals surface area contributed by atoms with Crippen LogP contribution >= 0.6 is 0 Å². The molecule has 0 bridgehead atoms. The molecule has 2 aliphatic carbocycles. The minimum atomic E-state index is -4.94. The Bertz CT molecular complexity index is 1240. The molecule has 34 heavy (non-hydrogen) atoms. The number of nitrogens with one attached hydrogen (secondary N) is 1. The molecule has 1 aromatic heterocycles. The van der Waals surface area contributed by atoms with Crippen LogP contribution in [0.4, 0.5) is 13.2 Å². The van der Waals surface area contributed by atoms with E-state index >= 15 is 0 Å². The highest BCUT2D eigenvalue weighted by atomic mass is 32.2. The summed E-state index contributed by atoms with van der Waals surface area (Å²) in [4.78, 5) is 19.7. The minimum absolute atomic E-state index is 0.0732. The monoisotopic (exact) mass is 494 g/mol. The van der Waals surface area contributed by atoms with E-state index in [4.69, 9.17) is 4.74 Å². The summed E-state index contributed by atoms with van der Waals surface area (Å²) >= 11 is 0. The maximum atomic E-state index is 13.9. The number of hydrogen-bond donors (Lipinski definition) is 1. The number of alkyl halides is 3. The number of nitrogens with zero attached hydrogens (tertiary/aromatic N) is 3. The van der Waals surface area contributed by atoms with E-state index in [1.165, 1.54) is 31.8 Å². The fourth-order valence-electron chi connectivity index (χ4n) is 4.25. The van der Waals surface area contributed by atoms with Gasteiger partial charge in [-0.1, -0.05) is 6.07 Å². The Balaban J connectivity index is 1.66. The van der Waals surface area contributed by atoms with Gasteiger partial charge < -0.3 is 10.1 Å². The number of halogens is 3. The number of sulfone groups is 1. The van der Waals surface area contributed by atoms with Crippen LogP contribution in [0.2, 0.25) is 0 Å². The predicted molar refractivity (Wildman–Crippen MR) is 113 cm³/mol. The first kappa shape index (κ1) is 24.1. The van der Waals surface area contributed by atoms with E-state index in [2.05, 4.69) is 15.3 Å². The average molecular weight is 494 g/mol. The normalized spacial score (nSPS) is 23.8. The van der Waals surface area contributed by atoms with Gasteiger partial charge >= 0.3 is 6.18 Å². The number of aromatic nitrogens is 2. The lowest BCUT2D eigenvalue weighted by Crippen LogP contribution is -2.42. The van der Waals surface area contributed by atoms with Gasteiger partial charge in [0.2, 0.25) is 5.91 Å². The van der Waals surface area contributed by atoms with E-state index in [0.29, 0.717) is 12.8 Å². The van der Waals surface area contributed by atoms with Gasteiger partial charge in [-0.3, -0.25) is 14.8 Å². The molecule has 1 amide bonds. The topological polar surface area (TPSA) is 122 Å². The fourth-order valence-corrected chi connectivity index (χ4v) is 6.25. The number of hydrogen-bond acceptors (Lipinski definition) is 7. The zero-order valence-corrected chi connectivity index (χ0v) is 18.9. The molecular weight excluding hydrogens is 473 g/mol. The van der Waals surface area contributed by atoms with Crippen molar-refractivity contribution >= 4 is 15.7 Å². The maximum Gasteiger partial charge on any atom is 0.417 e. The van der Waals surface area contributed by atoms with Crippen molar-refractivity contribution in [1.29, 1.82) is 5.26 Å². The number of benzene rings is 1. The van der Waals surface area contributed by atoms with Crippen LogP contribution in [-0.4, -0.2) is 48.3 Å². The molecule has 0 radical (unpaired) electrons. The van der Waals surface area contributed by atoms with Gasteiger partial charge in [0.15, 0.2) is 9.84 Å². The Morgan fingerprint density at radius 2 is 2.00 bits per heavy atom. The summed E-state index contributed by atoms with van der Waals surface area (Å²) < 4.78 is 73.8. The summed E-state index contributed by atoms with van der Waals surface area (Å²) in [5, 5.41) is 10.6. The van der Waals surface area contributed by atoms with E-state index in [-0.39, 0.29) is 24.1 Å². The molecular formula is C22H21F3N4O4S. The highest BCUT2D eigenvalue weighted by Gasteiger charge is 2.51. The summed E-state index contributed by atoms with van der Waals surface area (Å²) in [5.74, 6) is -1.43. The van der Waals surface area contributed by atoms with Crippen LogP contribution in [0.25, 0.3) is 11.3 Å². The molecule has 2 aromatic rings. The summed E-state index contributed by atoms with van der Waals surface area (Å²) in [6.45, 7) is 0. The van der Waals surface area contributed by atoms with Gasteiger partial charge in [-0.05, 0) is 37.8 Å². The quantitative estimate of drug-likeness (QED) is 0.655. The molecule has 1 aromatic carbocycles. The second kappa shape index (κ2) is 8.63. The maximum absolute atomic E-state index is 13.9. The van der Waals surface area contributed by atoms with Crippen molar-refractivity contribution in [3.05, 3.63) is 42.4 Å². The molecule has 2 aliphatic rings. The van der Waals surface area contributed by atoms with Crippen molar-refractivity contribution in [2.45, 2.75) is 53.6 Å². The van der Waals surface area contributed by atoms with Gasteiger partial charge in [-0.25, -0.2) is 8.42 Å². The van der Waals surface area contributed by atoms with Gasteiger partial charge in [0.25, 0.3) is 0 Å². The number of ether oxygens (including phenoxy) is 1. The van der Waals surface area contributed by atoms with Gasteiger partial charge in [0, 0.05) is 25.1 Å². The van der Waals surface area contributed by atoms with E-state index in [1.807, 2.05) is 6.07 Å². The van der Waals surface area contributed by atoms with E-state index < -0.39 is 55.2 Å². The Hall–Kier alpha value is -3.04. The zero-order chi connectivity index (χ0) is 24.7. The first-order valence-corrected chi connectivity index (χ1v) is 12.0. The Labute approximate surface area is 194 Å². The molecule has 1 unspecified atom stereocenters. The van der Waals surface area contributed by atoms with Crippen LogP contribution in [0.3, 0.4) is 0 Å². The van der Waals surface area contributed by atoms with Crippen molar-refractivity contribution < 1.29 is 31.1 Å². The van der Waals surface area contributed by atoms with Gasteiger partial charge in [0.1, 0.15) is 5.54 Å². The van der Waals surface area contributed by atoms with Crippen molar-refractivity contribution in [1.82, 2.24) is 15.3 Å². The minimum Gasteiger partial charge on any atom is -0.381 e. The van der Waals surface area contributed by atoms with E-state index in [0.717, 1.165) is 12.1 Å². The third kappa shape index (κ3) is 4.50. The third-order valence-electron chi connectivity index (χ3n) is 6.32. The molecule has 0 aliphatic heterocycles. The molecule has 8 nitrogen and oxygen atoms in total. The second-order valence-corrected chi connectivity index (χ2v) is 10.7. The average Bonchev–Trinajstić information content (AvgIpc) is 3.44. The smallest absolute Gasteiger partial charge is 0.381 e. The van der Waals surface area contributed by atoms with Gasteiger partial charge in [0.05, 0.1) is 45.7 Å². The first-order chi connectivity index (χ1) is 16.0. The SMILES string of the molecule is CO[C@H]1C[C@@H](S(=O)(=O)c2ccc(-c3cnccn3)cc2C(F)(F)F)CC1C(=O)NC1(C#N)CC1. The highest BCUT2D eigenvalue weighted by molar-refractivity contribution is 7.92. The summed E-state index contributed by atoms with van der Waals surface area (Å²) in [6, 6.07) is 4.94. The lowest BCUT2D eigenvalue weighted by molar-refractivity contribution is -0.139. The lowest BCUT2D eigenvalue weighted by Gasteiger charge is -2.19. The summed E-state index contributed by atoms with van der Waals surface area (Å²) in [5.41, 5.74) is -2.02. The standard InChI is InChI=1S/C22H21F3N4O4S/c1-33-18-10-14(9-15(18)20(30)29-21(12-26)4-5-21)34(31,32)19-3-2-13(8-16(19)22(23,24)25)17-11-27-6-7-28-17/h2-3,6-8,11,14-15,18H,4-5,9-10H2,1H3,(H,29,30)/t14-,15?,18-/m0/s1. The van der Waals surface area contributed by atoms with Crippen molar-refractivity contribution in [3.8, 4) is 17.3 Å². The first-order valence-electron chi connectivity index (χ1n) is 10.5. The molecule has 2 fully saturated rings. The number of amides is 1. The Morgan fingerprint density at radius 3 is 2.56 bits per heavy atom. The molecule has 4 rings (SSSR count). The van der Waals surface area contributed by atoms with E-state index in [1.54, 1.807) is 0 Å². The number of carbonyl (C=O) groups is 1. The van der Waals surface area contributed by atoms with Crippen LogP contribution in [-0.2, 0) is 25.5 Å². The largest absolute Gasteiger partial charge is 0.417 e. The molecule has 12 heteroatoms. The van der Waals surface area contributed by atoms with Gasteiger partial charge in [-0.2, -0.15) is 18.4 Å². The van der Waals surface area contributed by atoms with Gasteiger partial charge in [-0.15, -0.1) is 0 Å². The van der Waals surface area contributed by atoms with Crippen LogP contribution in [0.5, 0.6) is 0 Å². The van der Waals surface area contributed by atoms with E-state index in [9.17, 15) is 31.6 Å². The molecule has 180 valence electrons. The summed E-state index contributed by atoms with van der Waals surface area (Å²) in [7, 11) is -3.16.